The molecule has 2 aromatic rings. The average Bonchev–Trinajstić information content (AvgIpc) is 2.86. The molecule has 3 rings (SSSR count). The number of halogens is 1. The third kappa shape index (κ3) is 2.92. The molecule has 4 heteroatoms. The van der Waals surface area contributed by atoms with Crippen molar-refractivity contribution in [3.05, 3.63) is 56.5 Å². The molecule has 106 valence electrons. The predicted octanol–water partition coefficient (Wildman–Crippen LogP) is 4.26. The maximum Gasteiger partial charge on any atom is 0.123 e. The number of benzene rings is 1. The van der Waals surface area contributed by atoms with Crippen LogP contribution in [0.4, 0.5) is 4.39 Å². The van der Waals surface area contributed by atoms with Gasteiger partial charge < -0.3 is 5.11 Å². The van der Waals surface area contributed by atoms with Crippen LogP contribution in [-0.4, -0.2) is 10.9 Å². The Morgan fingerprint density at radius 3 is 2.95 bits per heavy atom. The van der Waals surface area contributed by atoms with Crippen molar-refractivity contribution in [1.82, 2.24) is 0 Å². The zero-order valence-corrected chi connectivity index (χ0v) is 13.0. The number of aliphatic hydroxyl groups excluding tert-OH is 1. The molecule has 1 aliphatic heterocycles. The van der Waals surface area contributed by atoms with E-state index >= 15 is 0 Å². The first kappa shape index (κ1) is 14.1. The number of hydrogen-bond acceptors (Lipinski definition) is 3. The SMILES string of the molecule is Cc1cc(F)ccc1CC(O)c1cc2c(s1)CCSC2. The Labute approximate surface area is 126 Å². The van der Waals surface area contributed by atoms with Gasteiger partial charge in [-0.25, -0.2) is 4.39 Å². The lowest BCUT2D eigenvalue weighted by Gasteiger charge is -2.11. The summed E-state index contributed by atoms with van der Waals surface area (Å²) in [6.07, 6.45) is 1.19. The molecule has 0 saturated carbocycles. The van der Waals surface area contributed by atoms with E-state index in [1.807, 2.05) is 18.7 Å². The second-order valence-corrected chi connectivity index (χ2v) is 7.46. The van der Waals surface area contributed by atoms with E-state index in [0.29, 0.717) is 6.42 Å². The zero-order valence-electron chi connectivity index (χ0n) is 11.4. The minimum absolute atomic E-state index is 0.218. The number of aryl methyl sites for hydroxylation is 2. The van der Waals surface area contributed by atoms with Crippen molar-refractivity contribution in [2.75, 3.05) is 5.75 Å². The fourth-order valence-corrected chi connectivity index (χ4v) is 4.89. The Bertz CT molecular complexity index is 597. The van der Waals surface area contributed by atoms with Gasteiger partial charge in [0.25, 0.3) is 0 Å². The molecule has 0 amide bonds. The number of hydrogen-bond donors (Lipinski definition) is 1. The molecule has 1 aliphatic rings. The van der Waals surface area contributed by atoms with Crippen molar-refractivity contribution < 1.29 is 9.50 Å². The van der Waals surface area contributed by atoms with E-state index in [0.717, 1.165) is 28.2 Å². The Morgan fingerprint density at radius 2 is 2.20 bits per heavy atom. The first-order valence-corrected chi connectivity index (χ1v) is 8.73. The molecule has 1 atom stereocenters. The molecule has 20 heavy (non-hydrogen) atoms. The van der Waals surface area contributed by atoms with Crippen LogP contribution in [0.2, 0.25) is 0 Å². The molecule has 0 saturated heterocycles. The molecule has 0 spiro atoms. The van der Waals surface area contributed by atoms with Gasteiger partial charge in [-0.3, -0.25) is 0 Å². The van der Waals surface area contributed by atoms with Crippen molar-refractivity contribution in [3.8, 4) is 0 Å². The summed E-state index contributed by atoms with van der Waals surface area (Å²) in [6.45, 7) is 1.89. The largest absolute Gasteiger partial charge is 0.387 e. The second-order valence-electron chi connectivity index (χ2n) is 5.19. The molecule has 1 N–H and O–H groups in total. The van der Waals surface area contributed by atoms with Gasteiger partial charge in [0.15, 0.2) is 0 Å². The number of rotatable bonds is 3. The average molecular weight is 308 g/mol. The minimum Gasteiger partial charge on any atom is -0.387 e. The predicted molar refractivity (Wildman–Crippen MR) is 84.0 cm³/mol. The lowest BCUT2D eigenvalue weighted by Crippen LogP contribution is -2.01. The Morgan fingerprint density at radius 1 is 1.35 bits per heavy atom. The van der Waals surface area contributed by atoms with Crippen LogP contribution in [-0.2, 0) is 18.6 Å². The molecular weight excluding hydrogens is 291 g/mol. The topological polar surface area (TPSA) is 20.2 Å². The van der Waals surface area contributed by atoms with E-state index in [1.165, 1.54) is 28.3 Å². The second kappa shape index (κ2) is 5.88. The van der Waals surface area contributed by atoms with Gasteiger partial charge in [0, 0.05) is 21.9 Å². The third-order valence-electron chi connectivity index (χ3n) is 3.69. The highest BCUT2D eigenvalue weighted by Crippen LogP contribution is 2.35. The lowest BCUT2D eigenvalue weighted by atomic mass is 10.0. The van der Waals surface area contributed by atoms with Gasteiger partial charge in [-0.1, -0.05) is 6.07 Å². The van der Waals surface area contributed by atoms with E-state index in [1.54, 1.807) is 17.4 Å². The zero-order chi connectivity index (χ0) is 14.1. The minimum atomic E-state index is -0.486. The van der Waals surface area contributed by atoms with Crippen LogP contribution in [0.3, 0.4) is 0 Å². The van der Waals surface area contributed by atoms with Crippen LogP contribution in [0.15, 0.2) is 24.3 Å². The molecule has 1 unspecified atom stereocenters. The van der Waals surface area contributed by atoms with Crippen molar-refractivity contribution in [3.63, 3.8) is 0 Å². The van der Waals surface area contributed by atoms with E-state index in [4.69, 9.17) is 0 Å². The summed E-state index contributed by atoms with van der Waals surface area (Å²) in [4.78, 5) is 2.47. The van der Waals surface area contributed by atoms with Gasteiger partial charge in [0.1, 0.15) is 5.82 Å². The monoisotopic (exact) mass is 308 g/mol. The summed E-state index contributed by atoms with van der Waals surface area (Å²) in [7, 11) is 0. The molecule has 0 aliphatic carbocycles. The molecule has 1 nitrogen and oxygen atoms in total. The number of thiophene rings is 1. The Balaban J connectivity index is 1.78. The summed E-state index contributed by atoms with van der Waals surface area (Å²) in [5.41, 5.74) is 3.30. The van der Waals surface area contributed by atoms with Crippen LogP contribution in [0.5, 0.6) is 0 Å². The van der Waals surface area contributed by atoms with Gasteiger partial charge in [0.2, 0.25) is 0 Å². The normalized spacial score (nSPS) is 15.9. The van der Waals surface area contributed by atoms with Gasteiger partial charge in [-0.2, -0.15) is 11.8 Å². The lowest BCUT2D eigenvalue weighted by molar-refractivity contribution is 0.182. The van der Waals surface area contributed by atoms with Crippen LogP contribution in [0, 0.1) is 12.7 Å². The fraction of sp³-hybridized carbons (Fsp3) is 0.375. The number of fused-ring (bicyclic) bond motifs is 1. The molecule has 2 heterocycles. The van der Waals surface area contributed by atoms with Crippen LogP contribution in [0.1, 0.15) is 32.5 Å². The van der Waals surface area contributed by atoms with Crippen molar-refractivity contribution in [2.45, 2.75) is 31.6 Å². The summed E-state index contributed by atoms with van der Waals surface area (Å²) in [6, 6.07) is 6.91. The molecule has 0 bridgehead atoms. The number of aliphatic hydroxyl groups is 1. The van der Waals surface area contributed by atoms with Crippen LogP contribution < -0.4 is 0 Å². The van der Waals surface area contributed by atoms with Gasteiger partial charge in [0.05, 0.1) is 6.10 Å². The first-order valence-electron chi connectivity index (χ1n) is 6.76. The maximum absolute atomic E-state index is 13.1. The quantitative estimate of drug-likeness (QED) is 0.914. The molecular formula is C16H17FOS2. The molecule has 0 fully saturated rings. The highest BCUT2D eigenvalue weighted by Gasteiger charge is 2.18. The van der Waals surface area contributed by atoms with Crippen molar-refractivity contribution >= 4 is 23.1 Å². The summed E-state index contributed by atoms with van der Waals surface area (Å²) in [5, 5.41) is 10.4. The van der Waals surface area contributed by atoms with Crippen LogP contribution >= 0.6 is 23.1 Å². The smallest absolute Gasteiger partial charge is 0.123 e. The first-order chi connectivity index (χ1) is 9.63. The highest BCUT2D eigenvalue weighted by molar-refractivity contribution is 7.98. The van der Waals surface area contributed by atoms with Gasteiger partial charge >= 0.3 is 0 Å². The Hall–Kier alpha value is -0.840. The summed E-state index contributed by atoms with van der Waals surface area (Å²) < 4.78 is 13.1. The molecule has 1 aromatic carbocycles. The Kier molecular flexibility index (Phi) is 4.15. The van der Waals surface area contributed by atoms with Gasteiger partial charge in [-0.05, 0) is 54.0 Å². The fourth-order valence-electron chi connectivity index (χ4n) is 2.53. The number of thioether (sulfide) groups is 1. The highest BCUT2D eigenvalue weighted by atomic mass is 32.2. The maximum atomic E-state index is 13.1. The standard InChI is InChI=1S/C16H17FOS2/c1-10-6-13(17)3-2-11(10)7-14(18)16-8-12-9-19-5-4-15(12)20-16/h2-3,6,8,14,18H,4-5,7,9H2,1H3. The molecule has 1 aromatic heterocycles. The summed E-state index contributed by atoms with van der Waals surface area (Å²) >= 11 is 3.69. The van der Waals surface area contributed by atoms with E-state index in [2.05, 4.69) is 6.07 Å². The van der Waals surface area contributed by atoms with Crippen LogP contribution in [0.25, 0.3) is 0 Å². The molecule has 0 radical (unpaired) electrons. The van der Waals surface area contributed by atoms with Crippen molar-refractivity contribution in [1.29, 1.82) is 0 Å². The third-order valence-corrected chi connectivity index (χ3v) is 6.04. The van der Waals surface area contributed by atoms with E-state index in [-0.39, 0.29) is 5.82 Å². The summed E-state index contributed by atoms with van der Waals surface area (Å²) in [5.74, 6) is 2.03. The van der Waals surface area contributed by atoms with E-state index < -0.39 is 6.10 Å². The van der Waals surface area contributed by atoms with Gasteiger partial charge in [-0.15, -0.1) is 11.3 Å². The van der Waals surface area contributed by atoms with E-state index in [9.17, 15) is 9.50 Å². The van der Waals surface area contributed by atoms with Crippen molar-refractivity contribution in [2.24, 2.45) is 0 Å².